The second-order valence-corrected chi connectivity index (χ2v) is 10.4. The van der Waals surface area contributed by atoms with Crippen LogP contribution in [-0.4, -0.2) is 41.0 Å². The number of ether oxygens (including phenoxy) is 1. The van der Waals surface area contributed by atoms with Crippen LogP contribution in [0.25, 0.3) is 11.3 Å². The average molecular weight is 459 g/mol. The first-order chi connectivity index (χ1) is 14.6. The highest BCUT2D eigenvalue weighted by Crippen LogP contribution is 2.29. The molecule has 0 unspecified atom stereocenters. The summed E-state index contributed by atoms with van der Waals surface area (Å²) >= 11 is 1.26. The largest absolute Gasteiger partial charge is 0.444 e. The zero-order valence-electron chi connectivity index (χ0n) is 17.6. The second kappa shape index (κ2) is 8.53. The van der Waals surface area contributed by atoms with E-state index in [1.165, 1.54) is 40.1 Å². The molecular formula is C21H22N4O4S2. The van der Waals surface area contributed by atoms with E-state index in [0.717, 1.165) is 3.97 Å². The molecule has 0 aromatic carbocycles. The summed E-state index contributed by atoms with van der Waals surface area (Å²) in [6.45, 7) is 5.51. The predicted molar refractivity (Wildman–Crippen MR) is 117 cm³/mol. The highest BCUT2D eigenvalue weighted by molar-refractivity contribution is 7.90. The maximum absolute atomic E-state index is 13.2. The Kier molecular flexibility index (Phi) is 6.20. The Balaban J connectivity index is 2.03. The van der Waals surface area contributed by atoms with Crippen LogP contribution in [0, 0.1) is 11.3 Å². The van der Waals surface area contributed by atoms with Crippen LogP contribution in [0.5, 0.6) is 0 Å². The molecule has 31 heavy (non-hydrogen) atoms. The van der Waals surface area contributed by atoms with Gasteiger partial charge in [0.2, 0.25) is 0 Å². The number of thiophene rings is 1. The molecule has 1 amide bonds. The predicted octanol–water partition coefficient (Wildman–Crippen LogP) is 4.09. The molecule has 0 aliphatic carbocycles. The summed E-state index contributed by atoms with van der Waals surface area (Å²) in [5, 5.41) is 12.6. The Labute approximate surface area is 185 Å². The molecule has 0 aliphatic heterocycles. The number of carbonyl (C=O) groups excluding carboxylic acids is 1. The lowest BCUT2D eigenvalue weighted by molar-refractivity contribution is 0.0759. The standard InChI is InChI=1S/C21H22N4O4S2/c1-21(2,3)24(4)20(26)29-13-15-10-19(17-6-5-8-23-18(17)11-22)25(12-15)31(27,28)16-7-9-30-14-16/h5-10,12,14H,13H2,1-4H3. The Bertz CT molecular complexity index is 1230. The third-order valence-electron chi connectivity index (χ3n) is 4.73. The number of hydrogen-bond acceptors (Lipinski definition) is 7. The van der Waals surface area contributed by atoms with E-state index in [1.807, 2.05) is 26.8 Å². The first kappa shape index (κ1) is 22.5. The van der Waals surface area contributed by atoms with Gasteiger partial charge in [-0.15, -0.1) is 0 Å². The zero-order valence-corrected chi connectivity index (χ0v) is 19.2. The third-order valence-corrected chi connectivity index (χ3v) is 7.23. The van der Waals surface area contributed by atoms with Gasteiger partial charge in [0.05, 0.1) is 10.6 Å². The van der Waals surface area contributed by atoms with Crippen LogP contribution < -0.4 is 0 Å². The molecule has 3 rings (SSSR count). The van der Waals surface area contributed by atoms with Crippen molar-refractivity contribution in [2.75, 3.05) is 7.05 Å². The molecule has 3 aromatic heterocycles. The first-order valence-electron chi connectivity index (χ1n) is 9.31. The van der Waals surface area contributed by atoms with Crippen LogP contribution in [0.3, 0.4) is 0 Å². The minimum Gasteiger partial charge on any atom is -0.444 e. The van der Waals surface area contributed by atoms with Gasteiger partial charge in [-0.2, -0.15) is 16.6 Å². The lowest BCUT2D eigenvalue weighted by Crippen LogP contribution is -2.42. The number of hydrogen-bond donors (Lipinski definition) is 0. The lowest BCUT2D eigenvalue weighted by atomic mass is 10.1. The number of aromatic nitrogens is 2. The fourth-order valence-electron chi connectivity index (χ4n) is 2.70. The molecule has 0 N–H and O–H groups in total. The molecule has 0 atom stereocenters. The van der Waals surface area contributed by atoms with Crippen molar-refractivity contribution in [1.82, 2.24) is 13.9 Å². The minimum absolute atomic E-state index is 0.0957. The molecule has 0 fully saturated rings. The summed E-state index contributed by atoms with van der Waals surface area (Å²) in [5.74, 6) is 0. The molecular weight excluding hydrogens is 436 g/mol. The Hall–Kier alpha value is -3.16. The van der Waals surface area contributed by atoms with Crippen molar-refractivity contribution in [3.8, 4) is 17.3 Å². The van der Waals surface area contributed by atoms with E-state index in [-0.39, 0.29) is 22.9 Å². The number of rotatable bonds is 5. The maximum atomic E-state index is 13.2. The van der Waals surface area contributed by atoms with E-state index in [2.05, 4.69) is 4.98 Å². The van der Waals surface area contributed by atoms with Gasteiger partial charge in [0.25, 0.3) is 10.0 Å². The van der Waals surface area contributed by atoms with Crippen molar-refractivity contribution in [1.29, 1.82) is 5.26 Å². The van der Waals surface area contributed by atoms with Crippen LogP contribution in [-0.2, 0) is 21.4 Å². The summed E-state index contributed by atoms with van der Waals surface area (Å²) in [5.41, 5.74) is 0.781. The minimum atomic E-state index is -3.92. The maximum Gasteiger partial charge on any atom is 0.410 e. The SMILES string of the molecule is CN(C(=O)OCc1cc(-c2cccnc2C#N)n(S(=O)(=O)c2ccsc2)c1)C(C)(C)C. The molecule has 0 aliphatic rings. The van der Waals surface area contributed by atoms with Gasteiger partial charge in [-0.25, -0.2) is 22.2 Å². The molecule has 0 saturated carbocycles. The fourth-order valence-corrected chi connectivity index (χ4v) is 5.11. The van der Waals surface area contributed by atoms with Gasteiger partial charge in [-0.1, -0.05) is 0 Å². The van der Waals surface area contributed by atoms with E-state index in [1.54, 1.807) is 30.6 Å². The van der Waals surface area contributed by atoms with E-state index < -0.39 is 21.7 Å². The summed E-state index contributed by atoms with van der Waals surface area (Å²) in [7, 11) is -2.28. The lowest BCUT2D eigenvalue weighted by Gasteiger charge is -2.30. The second-order valence-electron chi connectivity index (χ2n) is 7.79. The highest BCUT2D eigenvalue weighted by atomic mass is 32.2. The molecule has 0 spiro atoms. The summed E-state index contributed by atoms with van der Waals surface area (Å²) in [4.78, 5) is 18.0. The Morgan fingerprint density at radius 1 is 1.35 bits per heavy atom. The van der Waals surface area contributed by atoms with Crippen LogP contribution >= 0.6 is 11.3 Å². The number of pyridine rings is 1. The van der Waals surface area contributed by atoms with Crippen molar-refractivity contribution in [2.24, 2.45) is 0 Å². The molecule has 0 saturated heterocycles. The van der Waals surface area contributed by atoms with Crippen LogP contribution in [0.4, 0.5) is 4.79 Å². The number of carbonyl (C=O) groups is 1. The number of nitrogens with zero attached hydrogens (tertiary/aromatic N) is 4. The average Bonchev–Trinajstić information content (AvgIpc) is 3.41. The van der Waals surface area contributed by atoms with Gasteiger partial charge in [0, 0.05) is 41.5 Å². The number of amides is 1. The smallest absolute Gasteiger partial charge is 0.410 e. The third kappa shape index (κ3) is 4.62. The fraction of sp³-hybridized carbons (Fsp3) is 0.286. The summed E-state index contributed by atoms with van der Waals surface area (Å²) < 4.78 is 32.9. The topological polar surface area (TPSA) is 105 Å². The van der Waals surface area contributed by atoms with Gasteiger partial charge in [-0.05, 0) is 50.4 Å². The molecule has 3 aromatic rings. The summed E-state index contributed by atoms with van der Waals surface area (Å²) in [6.07, 6.45) is 2.34. The molecule has 8 nitrogen and oxygen atoms in total. The van der Waals surface area contributed by atoms with Crippen LogP contribution in [0.15, 0.2) is 52.3 Å². The molecule has 3 heterocycles. The van der Waals surface area contributed by atoms with Crippen molar-refractivity contribution >= 4 is 27.5 Å². The van der Waals surface area contributed by atoms with Crippen molar-refractivity contribution in [3.05, 3.63) is 58.7 Å². The number of nitriles is 1. The molecule has 162 valence electrons. The van der Waals surface area contributed by atoms with Crippen LogP contribution in [0.2, 0.25) is 0 Å². The van der Waals surface area contributed by atoms with E-state index in [9.17, 15) is 18.5 Å². The van der Waals surface area contributed by atoms with Gasteiger partial charge in [0.1, 0.15) is 18.4 Å². The van der Waals surface area contributed by atoms with Gasteiger partial charge in [0.15, 0.2) is 0 Å². The van der Waals surface area contributed by atoms with Crippen molar-refractivity contribution in [3.63, 3.8) is 0 Å². The van der Waals surface area contributed by atoms with Crippen molar-refractivity contribution in [2.45, 2.75) is 37.8 Å². The highest BCUT2D eigenvalue weighted by Gasteiger charge is 2.26. The van der Waals surface area contributed by atoms with Gasteiger partial charge in [-0.3, -0.25) is 0 Å². The van der Waals surface area contributed by atoms with E-state index in [4.69, 9.17) is 4.74 Å². The Morgan fingerprint density at radius 2 is 2.10 bits per heavy atom. The van der Waals surface area contributed by atoms with E-state index in [0.29, 0.717) is 11.1 Å². The monoisotopic (exact) mass is 458 g/mol. The first-order valence-corrected chi connectivity index (χ1v) is 11.7. The molecule has 0 bridgehead atoms. The normalized spacial score (nSPS) is 11.7. The summed E-state index contributed by atoms with van der Waals surface area (Å²) in [6, 6.07) is 8.35. The van der Waals surface area contributed by atoms with Crippen molar-refractivity contribution < 1.29 is 17.9 Å². The zero-order chi connectivity index (χ0) is 22.8. The molecule has 0 radical (unpaired) electrons. The van der Waals surface area contributed by atoms with Crippen LogP contribution in [0.1, 0.15) is 32.0 Å². The Morgan fingerprint density at radius 3 is 2.71 bits per heavy atom. The van der Waals surface area contributed by atoms with Gasteiger partial charge < -0.3 is 9.64 Å². The quantitative estimate of drug-likeness (QED) is 0.570. The van der Waals surface area contributed by atoms with E-state index >= 15 is 0 Å². The van der Waals surface area contributed by atoms with Gasteiger partial charge >= 0.3 is 6.09 Å². The molecule has 10 heteroatoms.